The highest BCUT2D eigenvalue weighted by Gasteiger charge is 2.05. The van der Waals surface area contributed by atoms with E-state index in [9.17, 15) is 0 Å². The summed E-state index contributed by atoms with van der Waals surface area (Å²) in [7, 11) is 0.816. The molecule has 0 spiro atoms. The van der Waals surface area contributed by atoms with E-state index in [1.165, 1.54) is 12.5 Å². The Morgan fingerprint density at radius 1 is 1.23 bits per heavy atom. The van der Waals surface area contributed by atoms with E-state index >= 15 is 0 Å². The molecule has 0 aliphatic rings. The quantitative estimate of drug-likeness (QED) is 0.662. The van der Waals surface area contributed by atoms with Crippen LogP contribution in [0.2, 0.25) is 25.7 Å². The molecule has 0 fully saturated rings. The van der Waals surface area contributed by atoms with Gasteiger partial charge < -0.3 is 0 Å². The predicted molar refractivity (Wildman–Crippen MR) is 63.7 cm³/mol. The van der Waals surface area contributed by atoms with Crippen LogP contribution in [0.4, 0.5) is 0 Å². The number of hydrogen-bond acceptors (Lipinski definition) is 0. The van der Waals surface area contributed by atoms with Gasteiger partial charge in [-0.25, -0.2) is 0 Å². The molecule has 0 heterocycles. The summed E-state index contributed by atoms with van der Waals surface area (Å²) in [5, 5.41) is 1.63. The average molecular weight is 205 g/mol. The fourth-order valence-corrected chi connectivity index (χ4v) is 3.29. The second-order valence-corrected chi connectivity index (χ2v) is 7.26. The molecule has 3 radical (unpaired) electrons. The van der Waals surface area contributed by atoms with Crippen molar-refractivity contribution in [2.45, 2.75) is 32.1 Å². The molecule has 0 saturated carbocycles. The summed E-state index contributed by atoms with van der Waals surface area (Å²) < 4.78 is 0. The zero-order valence-electron chi connectivity index (χ0n) is 8.72. The Morgan fingerprint density at radius 2 is 1.92 bits per heavy atom. The van der Waals surface area contributed by atoms with Crippen LogP contribution in [0.15, 0.2) is 24.3 Å². The standard InChI is InChI=1S/C11H17Si2/c1-12-9-8-10-6-4-5-7-11(10)13(2)3/h4-7H,8-9H2,1-3H3. The molecule has 0 nitrogen and oxygen atoms in total. The van der Waals surface area contributed by atoms with E-state index < -0.39 is 0 Å². The number of aryl methyl sites for hydroxylation is 1. The largest absolute Gasteiger partial charge is 0.0795 e. The molecule has 0 N–H and O–H groups in total. The Hall–Kier alpha value is -0.346. The Labute approximate surface area is 85.8 Å². The van der Waals surface area contributed by atoms with Crippen molar-refractivity contribution in [3.8, 4) is 0 Å². The molecule has 1 aromatic rings. The SMILES string of the molecule is C[Si]CCc1ccccc1[Si](C)C. The first-order valence-electron chi connectivity index (χ1n) is 4.78. The minimum atomic E-state index is -0.269. The van der Waals surface area contributed by atoms with Crippen molar-refractivity contribution in [1.29, 1.82) is 0 Å². The molecule has 69 valence electrons. The molecule has 0 amide bonds. The molecule has 0 saturated heterocycles. The summed E-state index contributed by atoms with van der Waals surface area (Å²) in [6.45, 7) is 7.03. The Balaban J connectivity index is 2.78. The first-order valence-corrected chi connectivity index (χ1v) is 8.99. The van der Waals surface area contributed by atoms with E-state index in [1.54, 1.807) is 10.8 Å². The van der Waals surface area contributed by atoms with Crippen LogP contribution in [0.5, 0.6) is 0 Å². The van der Waals surface area contributed by atoms with Crippen LogP contribution < -0.4 is 5.19 Å². The molecule has 13 heavy (non-hydrogen) atoms. The lowest BCUT2D eigenvalue weighted by Gasteiger charge is -2.10. The molecular weight excluding hydrogens is 188 g/mol. The van der Waals surface area contributed by atoms with Gasteiger partial charge in [0.25, 0.3) is 0 Å². The van der Waals surface area contributed by atoms with Crippen LogP contribution in [0.1, 0.15) is 5.56 Å². The minimum Gasteiger partial charge on any atom is -0.0733 e. The third-order valence-corrected chi connectivity index (χ3v) is 4.52. The van der Waals surface area contributed by atoms with Gasteiger partial charge in [0, 0.05) is 9.52 Å². The second kappa shape index (κ2) is 5.40. The van der Waals surface area contributed by atoms with Gasteiger partial charge in [0.1, 0.15) is 0 Å². The van der Waals surface area contributed by atoms with Crippen LogP contribution in [-0.4, -0.2) is 18.3 Å². The predicted octanol–water partition coefficient (Wildman–Crippen LogP) is 2.36. The van der Waals surface area contributed by atoms with E-state index in [4.69, 9.17) is 0 Å². The van der Waals surface area contributed by atoms with Gasteiger partial charge in [-0.2, -0.15) is 0 Å². The van der Waals surface area contributed by atoms with Crippen molar-refractivity contribution in [3.05, 3.63) is 29.8 Å². The topological polar surface area (TPSA) is 0 Å². The molecule has 2 heteroatoms. The maximum Gasteiger partial charge on any atom is 0.0795 e. The van der Waals surface area contributed by atoms with Gasteiger partial charge in [0.2, 0.25) is 0 Å². The first kappa shape index (κ1) is 10.7. The molecule has 0 aromatic heterocycles. The average Bonchev–Trinajstić information content (AvgIpc) is 2.15. The number of benzene rings is 1. The van der Waals surface area contributed by atoms with E-state index in [0.29, 0.717) is 0 Å². The van der Waals surface area contributed by atoms with E-state index in [2.05, 4.69) is 43.9 Å². The second-order valence-electron chi connectivity index (χ2n) is 3.51. The van der Waals surface area contributed by atoms with Crippen molar-refractivity contribution in [1.82, 2.24) is 0 Å². The molecule has 0 atom stereocenters. The maximum absolute atomic E-state index is 2.37. The summed E-state index contributed by atoms with van der Waals surface area (Å²) in [6.07, 6.45) is 1.28. The van der Waals surface area contributed by atoms with Gasteiger partial charge in [-0.1, -0.05) is 55.1 Å². The molecule has 1 rings (SSSR count). The molecule has 0 bridgehead atoms. The molecule has 0 unspecified atom stereocenters. The van der Waals surface area contributed by atoms with Crippen molar-refractivity contribution in [2.24, 2.45) is 0 Å². The van der Waals surface area contributed by atoms with Crippen LogP contribution >= 0.6 is 0 Å². The summed E-state index contributed by atoms with van der Waals surface area (Å²) in [6, 6.07) is 10.3. The summed E-state index contributed by atoms with van der Waals surface area (Å²) in [4.78, 5) is 0. The van der Waals surface area contributed by atoms with Crippen molar-refractivity contribution < 1.29 is 0 Å². The summed E-state index contributed by atoms with van der Waals surface area (Å²) >= 11 is 0. The Morgan fingerprint density at radius 3 is 2.54 bits per heavy atom. The highest BCUT2D eigenvalue weighted by molar-refractivity contribution is 6.71. The van der Waals surface area contributed by atoms with Gasteiger partial charge >= 0.3 is 0 Å². The lowest BCUT2D eigenvalue weighted by molar-refractivity contribution is 1.14. The number of hydrogen-bond donors (Lipinski definition) is 0. The van der Waals surface area contributed by atoms with Crippen LogP contribution in [0.25, 0.3) is 0 Å². The zero-order valence-corrected chi connectivity index (χ0v) is 10.7. The van der Waals surface area contributed by atoms with Crippen LogP contribution in [-0.2, 0) is 6.42 Å². The monoisotopic (exact) mass is 205 g/mol. The summed E-state index contributed by atoms with van der Waals surface area (Å²) in [5.41, 5.74) is 1.59. The van der Waals surface area contributed by atoms with Gasteiger partial charge in [-0.3, -0.25) is 0 Å². The van der Waals surface area contributed by atoms with Gasteiger partial charge in [0.05, 0.1) is 8.80 Å². The van der Waals surface area contributed by atoms with Gasteiger partial charge in [0.15, 0.2) is 0 Å². The minimum absolute atomic E-state index is 0.269. The van der Waals surface area contributed by atoms with Gasteiger partial charge in [-0.15, -0.1) is 0 Å². The van der Waals surface area contributed by atoms with Crippen molar-refractivity contribution in [3.63, 3.8) is 0 Å². The van der Waals surface area contributed by atoms with Crippen LogP contribution in [0.3, 0.4) is 0 Å². The fraction of sp³-hybridized carbons (Fsp3) is 0.455. The highest BCUT2D eigenvalue weighted by Crippen LogP contribution is 2.02. The molecule has 0 aliphatic carbocycles. The maximum atomic E-state index is 2.37. The first-order chi connectivity index (χ1) is 6.25. The fourth-order valence-electron chi connectivity index (χ4n) is 1.49. The third kappa shape index (κ3) is 3.12. The number of rotatable bonds is 4. The lowest BCUT2D eigenvalue weighted by atomic mass is 10.2. The molecule has 0 aliphatic heterocycles. The summed E-state index contributed by atoms with van der Waals surface area (Å²) in [5.74, 6) is 0. The molecule has 1 aromatic carbocycles. The van der Waals surface area contributed by atoms with Gasteiger partial charge in [-0.05, 0) is 12.0 Å². The smallest absolute Gasteiger partial charge is 0.0733 e. The van der Waals surface area contributed by atoms with Crippen molar-refractivity contribution in [2.75, 3.05) is 0 Å². The zero-order chi connectivity index (χ0) is 9.68. The van der Waals surface area contributed by atoms with E-state index in [0.717, 1.165) is 9.52 Å². The highest BCUT2D eigenvalue weighted by atomic mass is 28.3. The lowest BCUT2D eigenvalue weighted by Crippen LogP contribution is -2.26. The molecular formula is C11H17Si2. The third-order valence-electron chi connectivity index (χ3n) is 2.20. The Kier molecular flexibility index (Phi) is 4.46. The van der Waals surface area contributed by atoms with E-state index in [1.807, 2.05) is 0 Å². The normalized spacial score (nSPS) is 10.8. The van der Waals surface area contributed by atoms with Crippen LogP contribution in [0, 0.1) is 0 Å². The van der Waals surface area contributed by atoms with Crippen molar-refractivity contribution >= 4 is 23.5 Å². The van der Waals surface area contributed by atoms with E-state index in [-0.39, 0.29) is 8.80 Å². The Bertz CT molecular complexity index is 256.